The van der Waals surface area contributed by atoms with E-state index < -0.39 is 5.92 Å². The molecule has 0 amide bonds. The summed E-state index contributed by atoms with van der Waals surface area (Å²) in [6.07, 6.45) is 3.09. The molecule has 4 heteroatoms. The first kappa shape index (κ1) is 11.4. The highest BCUT2D eigenvalue weighted by Crippen LogP contribution is 2.39. The fourth-order valence-corrected chi connectivity index (χ4v) is 2.71. The van der Waals surface area contributed by atoms with Crippen LogP contribution < -0.4 is 0 Å². The highest BCUT2D eigenvalue weighted by Gasteiger charge is 2.38. The minimum Gasteiger partial charge on any atom is -0.348 e. The van der Waals surface area contributed by atoms with Crippen LogP contribution in [0.3, 0.4) is 0 Å². The number of benzene rings is 1. The van der Waals surface area contributed by atoms with Gasteiger partial charge in [0.2, 0.25) is 0 Å². The van der Waals surface area contributed by atoms with E-state index in [4.69, 9.17) is 0 Å². The van der Waals surface area contributed by atoms with E-state index in [-0.39, 0.29) is 18.8 Å². The molecule has 1 aromatic heterocycles. The third-order valence-electron chi connectivity index (χ3n) is 3.65. The maximum Gasteiger partial charge on any atom is 0.256 e. The SMILES string of the molecule is CC(c1cnc[nH]1)c1cccc2c1CC(F)(F)C2. The second kappa shape index (κ2) is 3.90. The van der Waals surface area contributed by atoms with Gasteiger partial charge < -0.3 is 4.98 Å². The van der Waals surface area contributed by atoms with Gasteiger partial charge in [0.05, 0.1) is 6.33 Å². The number of nitrogens with zero attached hydrogens (tertiary/aromatic N) is 1. The monoisotopic (exact) mass is 248 g/mol. The number of hydrogen-bond acceptors (Lipinski definition) is 1. The number of hydrogen-bond donors (Lipinski definition) is 1. The molecule has 0 radical (unpaired) electrons. The van der Waals surface area contributed by atoms with Crippen molar-refractivity contribution < 1.29 is 8.78 Å². The maximum atomic E-state index is 13.5. The van der Waals surface area contributed by atoms with Crippen LogP contribution in [0.25, 0.3) is 0 Å². The van der Waals surface area contributed by atoms with Gasteiger partial charge in [-0.05, 0) is 16.7 Å². The van der Waals surface area contributed by atoms with Crippen LogP contribution in [-0.4, -0.2) is 15.9 Å². The first-order chi connectivity index (χ1) is 8.57. The van der Waals surface area contributed by atoms with Gasteiger partial charge in [-0.2, -0.15) is 0 Å². The van der Waals surface area contributed by atoms with Gasteiger partial charge in [-0.1, -0.05) is 25.1 Å². The molecule has 1 aromatic carbocycles. The lowest BCUT2D eigenvalue weighted by atomic mass is 9.91. The Hall–Kier alpha value is -1.71. The fourth-order valence-electron chi connectivity index (χ4n) is 2.71. The summed E-state index contributed by atoms with van der Waals surface area (Å²) in [5, 5.41) is 0. The van der Waals surface area contributed by atoms with E-state index in [1.165, 1.54) is 0 Å². The van der Waals surface area contributed by atoms with Crippen molar-refractivity contribution in [3.05, 3.63) is 53.1 Å². The predicted octanol–water partition coefficient (Wildman–Crippen LogP) is 3.30. The molecule has 2 aromatic rings. The van der Waals surface area contributed by atoms with E-state index in [0.717, 1.165) is 22.4 Å². The first-order valence-electron chi connectivity index (χ1n) is 6.03. The molecule has 18 heavy (non-hydrogen) atoms. The zero-order chi connectivity index (χ0) is 12.8. The smallest absolute Gasteiger partial charge is 0.256 e. The standard InChI is InChI=1S/C14H14F2N2/c1-9(13-7-17-8-18-13)11-4-2-3-10-5-14(15,16)6-12(10)11/h2-4,7-9H,5-6H2,1H3,(H,17,18). The van der Waals surface area contributed by atoms with Crippen molar-refractivity contribution in [3.63, 3.8) is 0 Å². The van der Waals surface area contributed by atoms with E-state index in [1.807, 2.05) is 19.1 Å². The van der Waals surface area contributed by atoms with E-state index in [1.54, 1.807) is 18.6 Å². The molecule has 0 saturated carbocycles. The molecule has 1 N–H and O–H groups in total. The Morgan fingerprint density at radius 1 is 1.33 bits per heavy atom. The van der Waals surface area contributed by atoms with Gasteiger partial charge in [0, 0.05) is 30.7 Å². The quantitative estimate of drug-likeness (QED) is 0.868. The highest BCUT2D eigenvalue weighted by atomic mass is 19.3. The third-order valence-corrected chi connectivity index (χ3v) is 3.65. The van der Waals surface area contributed by atoms with Gasteiger partial charge >= 0.3 is 0 Å². The summed E-state index contributed by atoms with van der Waals surface area (Å²) in [6, 6.07) is 5.60. The average molecular weight is 248 g/mol. The summed E-state index contributed by atoms with van der Waals surface area (Å²) < 4.78 is 27.0. The fraction of sp³-hybridized carbons (Fsp3) is 0.357. The van der Waals surface area contributed by atoms with Crippen LogP contribution >= 0.6 is 0 Å². The summed E-state index contributed by atoms with van der Waals surface area (Å²) >= 11 is 0. The van der Waals surface area contributed by atoms with Crippen LogP contribution in [0.4, 0.5) is 8.78 Å². The van der Waals surface area contributed by atoms with Crippen LogP contribution in [0.5, 0.6) is 0 Å². The molecule has 1 heterocycles. The first-order valence-corrected chi connectivity index (χ1v) is 6.03. The molecule has 1 atom stereocenters. The summed E-state index contributed by atoms with van der Waals surface area (Å²) in [5.41, 5.74) is 3.53. The van der Waals surface area contributed by atoms with Crippen molar-refractivity contribution in [2.75, 3.05) is 0 Å². The van der Waals surface area contributed by atoms with E-state index in [9.17, 15) is 8.78 Å². The number of imidazole rings is 1. The second-order valence-corrected chi connectivity index (χ2v) is 4.92. The molecule has 0 spiro atoms. The molecule has 3 rings (SSSR count). The average Bonchev–Trinajstić information content (AvgIpc) is 2.91. The van der Waals surface area contributed by atoms with Gasteiger partial charge in [-0.15, -0.1) is 0 Å². The Labute approximate surface area is 104 Å². The number of alkyl halides is 2. The summed E-state index contributed by atoms with van der Waals surface area (Å²) in [4.78, 5) is 7.04. The molecule has 2 nitrogen and oxygen atoms in total. The normalized spacial score (nSPS) is 18.6. The number of nitrogens with one attached hydrogen (secondary N) is 1. The summed E-state index contributed by atoms with van der Waals surface area (Å²) in [5.74, 6) is -2.53. The molecular weight excluding hydrogens is 234 g/mol. The summed E-state index contributed by atoms with van der Waals surface area (Å²) in [7, 11) is 0. The molecule has 1 unspecified atom stereocenters. The van der Waals surface area contributed by atoms with Crippen molar-refractivity contribution >= 4 is 0 Å². The highest BCUT2D eigenvalue weighted by molar-refractivity contribution is 5.44. The number of aromatic amines is 1. The van der Waals surface area contributed by atoms with Gasteiger partial charge in [-0.3, -0.25) is 0 Å². The number of H-pyrrole nitrogens is 1. The van der Waals surface area contributed by atoms with Crippen molar-refractivity contribution in [1.29, 1.82) is 0 Å². The molecule has 1 aliphatic carbocycles. The van der Waals surface area contributed by atoms with Crippen LogP contribution in [0.15, 0.2) is 30.7 Å². The molecule has 0 aliphatic heterocycles. The Balaban J connectivity index is 2.03. The molecule has 94 valence electrons. The van der Waals surface area contributed by atoms with Crippen LogP contribution in [-0.2, 0) is 12.8 Å². The van der Waals surface area contributed by atoms with Crippen LogP contribution in [0.1, 0.15) is 35.2 Å². The lowest BCUT2D eigenvalue weighted by molar-refractivity contribution is 0.0129. The van der Waals surface area contributed by atoms with Crippen molar-refractivity contribution in [3.8, 4) is 0 Å². The molecule has 0 bridgehead atoms. The van der Waals surface area contributed by atoms with Crippen LogP contribution in [0.2, 0.25) is 0 Å². The van der Waals surface area contributed by atoms with Crippen molar-refractivity contribution in [2.24, 2.45) is 0 Å². The lowest BCUT2D eigenvalue weighted by Crippen LogP contribution is -2.15. The minimum absolute atomic E-state index is 0.0661. The van der Waals surface area contributed by atoms with Crippen molar-refractivity contribution in [1.82, 2.24) is 9.97 Å². The van der Waals surface area contributed by atoms with Gasteiger partial charge in [0.15, 0.2) is 0 Å². The van der Waals surface area contributed by atoms with E-state index in [0.29, 0.717) is 0 Å². The van der Waals surface area contributed by atoms with Crippen LogP contribution in [0, 0.1) is 0 Å². The van der Waals surface area contributed by atoms with Gasteiger partial charge in [-0.25, -0.2) is 13.8 Å². The topological polar surface area (TPSA) is 28.7 Å². The number of halogens is 2. The number of fused-ring (bicyclic) bond motifs is 1. The summed E-state index contributed by atoms with van der Waals surface area (Å²) in [6.45, 7) is 2.01. The molecule has 1 aliphatic rings. The zero-order valence-electron chi connectivity index (χ0n) is 10.1. The largest absolute Gasteiger partial charge is 0.348 e. The second-order valence-electron chi connectivity index (χ2n) is 4.92. The molecule has 0 saturated heterocycles. The number of aromatic nitrogens is 2. The van der Waals surface area contributed by atoms with Gasteiger partial charge in [0.25, 0.3) is 5.92 Å². The molecule has 0 fully saturated rings. The van der Waals surface area contributed by atoms with Crippen molar-refractivity contribution in [2.45, 2.75) is 31.6 Å². The minimum atomic E-state index is -2.59. The third kappa shape index (κ3) is 1.82. The Morgan fingerprint density at radius 3 is 2.89 bits per heavy atom. The predicted molar refractivity (Wildman–Crippen MR) is 64.9 cm³/mol. The number of rotatable bonds is 2. The lowest BCUT2D eigenvalue weighted by Gasteiger charge is -2.14. The van der Waals surface area contributed by atoms with E-state index in [2.05, 4.69) is 9.97 Å². The Kier molecular flexibility index (Phi) is 2.47. The Bertz CT molecular complexity index is 561. The maximum absolute atomic E-state index is 13.5. The zero-order valence-corrected chi connectivity index (χ0v) is 10.1. The Morgan fingerprint density at radius 2 is 2.17 bits per heavy atom. The van der Waals surface area contributed by atoms with Gasteiger partial charge in [0.1, 0.15) is 0 Å². The van der Waals surface area contributed by atoms with E-state index >= 15 is 0 Å². The molecular formula is C14H14F2N2.